The van der Waals surface area contributed by atoms with Gasteiger partial charge in [-0.1, -0.05) is 25.1 Å². The van der Waals surface area contributed by atoms with E-state index in [1.807, 2.05) is 0 Å². The van der Waals surface area contributed by atoms with Crippen molar-refractivity contribution in [1.82, 2.24) is 5.32 Å². The van der Waals surface area contributed by atoms with Crippen LogP contribution in [0.2, 0.25) is 0 Å². The summed E-state index contributed by atoms with van der Waals surface area (Å²) in [6, 6.07) is 11.8. The molecule has 1 unspecified atom stereocenters. The van der Waals surface area contributed by atoms with Crippen molar-refractivity contribution >= 4 is 5.69 Å². The van der Waals surface area contributed by atoms with Crippen LogP contribution >= 0.6 is 0 Å². The first-order valence-electron chi connectivity index (χ1n) is 7.23. The Bertz CT molecular complexity index is 446. The molecular formula is C16H23N3. The highest BCUT2D eigenvalue weighted by atomic mass is 15.2. The molecule has 0 saturated heterocycles. The van der Waals surface area contributed by atoms with E-state index >= 15 is 0 Å². The van der Waals surface area contributed by atoms with Gasteiger partial charge >= 0.3 is 0 Å². The lowest BCUT2D eigenvalue weighted by molar-refractivity contribution is 0.595. The van der Waals surface area contributed by atoms with Crippen LogP contribution in [0.3, 0.4) is 0 Å². The second kappa shape index (κ2) is 6.58. The maximum atomic E-state index is 8.84. The fraction of sp³-hybridized carbons (Fsp3) is 0.562. The zero-order valence-electron chi connectivity index (χ0n) is 11.9. The quantitative estimate of drug-likeness (QED) is 0.815. The van der Waals surface area contributed by atoms with Crippen molar-refractivity contribution in [3.05, 3.63) is 29.8 Å². The van der Waals surface area contributed by atoms with Crippen molar-refractivity contribution in [2.24, 2.45) is 0 Å². The summed E-state index contributed by atoms with van der Waals surface area (Å²) in [4.78, 5) is 2.42. The van der Waals surface area contributed by atoms with E-state index in [0.29, 0.717) is 18.5 Å². The number of hydrogen-bond donors (Lipinski definition) is 1. The fourth-order valence-corrected chi connectivity index (χ4v) is 2.59. The third kappa shape index (κ3) is 3.48. The predicted molar refractivity (Wildman–Crippen MR) is 79.1 cm³/mol. The summed E-state index contributed by atoms with van der Waals surface area (Å²) in [6.07, 6.45) is 3.12. The molecule has 19 heavy (non-hydrogen) atoms. The van der Waals surface area contributed by atoms with E-state index in [1.165, 1.54) is 24.1 Å². The molecule has 1 aromatic carbocycles. The lowest BCUT2D eigenvalue weighted by Gasteiger charge is -2.28. The third-order valence-electron chi connectivity index (χ3n) is 3.68. The second-order valence-electron chi connectivity index (χ2n) is 5.17. The number of nitrogens with one attached hydrogen (secondary N) is 1. The Hall–Kier alpha value is -1.53. The van der Waals surface area contributed by atoms with Crippen LogP contribution in [0, 0.1) is 11.3 Å². The van der Waals surface area contributed by atoms with E-state index in [0.717, 1.165) is 13.1 Å². The molecule has 0 radical (unpaired) electrons. The van der Waals surface area contributed by atoms with E-state index in [1.54, 1.807) is 0 Å². The fourth-order valence-electron chi connectivity index (χ4n) is 2.59. The van der Waals surface area contributed by atoms with Crippen molar-refractivity contribution in [1.29, 1.82) is 5.26 Å². The van der Waals surface area contributed by atoms with Crippen LogP contribution in [-0.4, -0.2) is 19.1 Å². The lowest BCUT2D eigenvalue weighted by atomic mass is 10.0. The van der Waals surface area contributed by atoms with Crippen LogP contribution in [0.4, 0.5) is 5.69 Å². The average molecular weight is 257 g/mol. The van der Waals surface area contributed by atoms with Gasteiger partial charge in [-0.05, 0) is 37.9 Å². The minimum Gasteiger partial charge on any atom is -0.367 e. The molecule has 102 valence electrons. The van der Waals surface area contributed by atoms with Crippen molar-refractivity contribution in [2.75, 3.05) is 18.0 Å². The first-order chi connectivity index (χ1) is 9.27. The van der Waals surface area contributed by atoms with Crippen LogP contribution in [0.1, 0.15) is 44.7 Å². The Labute approximate surface area is 116 Å². The SMILES string of the molecule is CCNC(C)c1ccccc1N(CCC#N)C1CC1. The minimum absolute atomic E-state index is 0.351. The summed E-state index contributed by atoms with van der Waals surface area (Å²) in [5.41, 5.74) is 2.64. The van der Waals surface area contributed by atoms with Crippen LogP contribution in [0.5, 0.6) is 0 Å². The van der Waals surface area contributed by atoms with Gasteiger partial charge in [0.2, 0.25) is 0 Å². The highest BCUT2D eigenvalue weighted by Gasteiger charge is 2.30. The molecule has 1 saturated carbocycles. The van der Waals surface area contributed by atoms with E-state index in [-0.39, 0.29) is 0 Å². The molecule has 0 aromatic heterocycles. The number of benzene rings is 1. The molecular weight excluding hydrogens is 234 g/mol. The van der Waals surface area contributed by atoms with Crippen molar-refractivity contribution < 1.29 is 0 Å². The Morgan fingerprint density at radius 2 is 2.16 bits per heavy atom. The first kappa shape index (κ1) is 13.9. The van der Waals surface area contributed by atoms with Gasteiger partial charge in [0.15, 0.2) is 0 Å². The first-order valence-corrected chi connectivity index (χ1v) is 7.23. The number of anilines is 1. The molecule has 0 bridgehead atoms. The summed E-state index contributed by atoms with van der Waals surface area (Å²) in [5.74, 6) is 0. The molecule has 1 aliphatic rings. The number of nitriles is 1. The summed E-state index contributed by atoms with van der Waals surface area (Å²) in [6.45, 7) is 6.15. The molecule has 2 rings (SSSR count). The Morgan fingerprint density at radius 1 is 1.42 bits per heavy atom. The maximum Gasteiger partial charge on any atom is 0.0640 e. The van der Waals surface area contributed by atoms with Gasteiger partial charge in [-0.3, -0.25) is 0 Å². The van der Waals surface area contributed by atoms with Crippen molar-refractivity contribution in [3.8, 4) is 6.07 Å². The number of para-hydroxylation sites is 1. The monoisotopic (exact) mass is 257 g/mol. The standard InChI is InChI=1S/C16H23N3/c1-3-18-13(2)15-7-4-5-8-16(15)19(12-6-11-17)14-9-10-14/h4-5,7-8,13-14,18H,3,6,9-10,12H2,1-2H3. The Kier molecular flexibility index (Phi) is 4.81. The topological polar surface area (TPSA) is 39.1 Å². The van der Waals surface area contributed by atoms with Gasteiger partial charge in [0.25, 0.3) is 0 Å². The smallest absolute Gasteiger partial charge is 0.0640 e. The molecule has 0 spiro atoms. The van der Waals surface area contributed by atoms with Crippen molar-refractivity contribution in [3.63, 3.8) is 0 Å². The van der Waals surface area contributed by atoms with Gasteiger partial charge < -0.3 is 10.2 Å². The van der Waals surface area contributed by atoms with E-state index in [2.05, 4.69) is 54.4 Å². The summed E-state index contributed by atoms with van der Waals surface area (Å²) in [5, 5.41) is 12.3. The molecule has 1 aliphatic carbocycles. The molecule has 0 amide bonds. The maximum absolute atomic E-state index is 8.84. The normalized spacial score (nSPS) is 15.8. The second-order valence-corrected chi connectivity index (χ2v) is 5.17. The van der Waals surface area contributed by atoms with Crippen LogP contribution in [0.25, 0.3) is 0 Å². The van der Waals surface area contributed by atoms with E-state index in [4.69, 9.17) is 5.26 Å². The average Bonchev–Trinajstić information content (AvgIpc) is 3.25. The molecule has 1 N–H and O–H groups in total. The molecule has 0 aliphatic heterocycles. The Balaban J connectivity index is 2.23. The van der Waals surface area contributed by atoms with Crippen LogP contribution in [0.15, 0.2) is 24.3 Å². The Morgan fingerprint density at radius 3 is 2.79 bits per heavy atom. The number of rotatable bonds is 7. The van der Waals surface area contributed by atoms with E-state index < -0.39 is 0 Å². The molecule has 3 nitrogen and oxygen atoms in total. The summed E-state index contributed by atoms with van der Waals surface area (Å²) < 4.78 is 0. The zero-order chi connectivity index (χ0) is 13.7. The summed E-state index contributed by atoms with van der Waals surface area (Å²) >= 11 is 0. The van der Waals surface area contributed by atoms with Crippen molar-refractivity contribution in [2.45, 2.75) is 45.2 Å². The molecule has 1 aromatic rings. The van der Waals surface area contributed by atoms with Gasteiger partial charge in [-0.15, -0.1) is 0 Å². The molecule has 1 atom stereocenters. The minimum atomic E-state index is 0.351. The lowest BCUT2D eigenvalue weighted by Crippen LogP contribution is -2.29. The van der Waals surface area contributed by atoms with Crippen LogP contribution in [-0.2, 0) is 0 Å². The van der Waals surface area contributed by atoms with E-state index in [9.17, 15) is 0 Å². The number of nitrogens with zero attached hydrogens (tertiary/aromatic N) is 2. The van der Waals surface area contributed by atoms with Gasteiger partial charge in [-0.25, -0.2) is 0 Å². The highest BCUT2D eigenvalue weighted by molar-refractivity contribution is 5.56. The highest BCUT2D eigenvalue weighted by Crippen LogP contribution is 2.35. The van der Waals surface area contributed by atoms with Gasteiger partial charge in [0.1, 0.15) is 0 Å². The van der Waals surface area contributed by atoms with Crippen LogP contribution < -0.4 is 10.2 Å². The summed E-state index contributed by atoms with van der Waals surface area (Å²) in [7, 11) is 0. The molecule has 3 heteroatoms. The van der Waals surface area contributed by atoms with Gasteiger partial charge in [0.05, 0.1) is 12.5 Å². The van der Waals surface area contributed by atoms with Gasteiger partial charge in [-0.2, -0.15) is 5.26 Å². The largest absolute Gasteiger partial charge is 0.367 e. The van der Waals surface area contributed by atoms with Gasteiger partial charge in [0, 0.05) is 24.3 Å². The molecule has 0 heterocycles. The zero-order valence-corrected chi connectivity index (χ0v) is 11.9. The number of hydrogen-bond acceptors (Lipinski definition) is 3. The molecule has 1 fully saturated rings. The third-order valence-corrected chi connectivity index (χ3v) is 3.68. The predicted octanol–water partition coefficient (Wildman–Crippen LogP) is 3.24.